The third-order valence-electron chi connectivity index (χ3n) is 5.36. The molecule has 0 saturated heterocycles. The summed E-state index contributed by atoms with van der Waals surface area (Å²) in [5, 5.41) is 15.9. The van der Waals surface area contributed by atoms with Crippen LogP contribution in [0.1, 0.15) is 44.5 Å². The van der Waals surface area contributed by atoms with Gasteiger partial charge in [0.1, 0.15) is 11.5 Å². The van der Waals surface area contributed by atoms with Gasteiger partial charge < -0.3 is 14.8 Å². The van der Waals surface area contributed by atoms with Crippen molar-refractivity contribution < 1.29 is 23.9 Å². The highest BCUT2D eigenvalue weighted by Gasteiger charge is 2.19. The van der Waals surface area contributed by atoms with Crippen LogP contribution in [0.5, 0.6) is 0 Å². The van der Waals surface area contributed by atoms with Crippen LogP contribution >= 0.6 is 0 Å². The molecule has 3 aromatic carbocycles. The number of aromatic carboxylic acids is 1. The smallest absolute Gasteiger partial charge is 0.335 e. The first-order valence-electron chi connectivity index (χ1n) is 11.2. The molecule has 0 aliphatic rings. The van der Waals surface area contributed by atoms with Gasteiger partial charge in [0.15, 0.2) is 0 Å². The number of carboxylic acids is 1. The van der Waals surface area contributed by atoms with Gasteiger partial charge in [-0.3, -0.25) is 9.59 Å². The maximum atomic E-state index is 12.7. The second-order valence-electron chi connectivity index (χ2n) is 7.88. The van der Waals surface area contributed by atoms with Crippen molar-refractivity contribution in [2.75, 3.05) is 0 Å². The molecule has 36 heavy (non-hydrogen) atoms. The third kappa shape index (κ3) is 6.32. The van der Waals surface area contributed by atoms with Gasteiger partial charge in [-0.15, -0.1) is 0 Å². The van der Waals surface area contributed by atoms with Crippen molar-refractivity contribution in [3.8, 4) is 11.3 Å². The molecule has 2 amide bonds. The lowest BCUT2D eigenvalue weighted by atomic mass is 10.0. The lowest BCUT2D eigenvalue weighted by Crippen LogP contribution is -2.32. The van der Waals surface area contributed by atoms with E-state index in [-0.39, 0.29) is 23.8 Å². The Labute approximate surface area is 207 Å². The first kappa shape index (κ1) is 24.2. The summed E-state index contributed by atoms with van der Waals surface area (Å²) >= 11 is 0. The van der Waals surface area contributed by atoms with E-state index in [1.807, 2.05) is 36.4 Å². The summed E-state index contributed by atoms with van der Waals surface area (Å²) in [6.45, 7) is 0. The first-order chi connectivity index (χ1) is 17.5. The zero-order valence-corrected chi connectivity index (χ0v) is 19.1. The van der Waals surface area contributed by atoms with Gasteiger partial charge in [0, 0.05) is 11.1 Å². The Hall–Kier alpha value is -4.98. The fraction of sp³-hybridized carbons (Fsp3) is 0.0714. The van der Waals surface area contributed by atoms with Gasteiger partial charge in [0.25, 0.3) is 5.91 Å². The van der Waals surface area contributed by atoms with Crippen LogP contribution in [-0.2, 0) is 4.79 Å². The van der Waals surface area contributed by atoms with Crippen LogP contribution < -0.4 is 10.7 Å². The molecular weight excluding hydrogens is 458 g/mol. The van der Waals surface area contributed by atoms with Crippen molar-refractivity contribution in [3.05, 3.63) is 120 Å². The van der Waals surface area contributed by atoms with Crippen LogP contribution in [0, 0.1) is 0 Å². The summed E-state index contributed by atoms with van der Waals surface area (Å²) in [5.74, 6) is -0.722. The summed E-state index contributed by atoms with van der Waals surface area (Å²) in [7, 11) is 0. The standard InChI is InChI=1S/C28H23N3O5/c32-26(17-24(19-7-3-1-4-8-19)30-27(33)21-9-5-2-6-10-21)31-29-18-23-15-16-25(36-23)20-11-13-22(14-12-20)28(34)35/h1-16,18,24H,17H2,(H,30,33)(H,31,32)(H,34,35)/b29-18-/t24-/m1/s1. The highest BCUT2D eigenvalue weighted by molar-refractivity contribution is 5.94. The predicted octanol–water partition coefficient (Wildman–Crippen LogP) is 4.66. The highest BCUT2D eigenvalue weighted by Crippen LogP contribution is 2.22. The summed E-state index contributed by atoms with van der Waals surface area (Å²) in [6.07, 6.45) is 1.35. The molecule has 0 bridgehead atoms. The Morgan fingerprint density at radius 2 is 1.50 bits per heavy atom. The number of benzene rings is 3. The minimum atomic E-state index is -1.00. The van der Waals surface area contributed by atoms with Crippen LogP contribution in [0.3, 0.4) is 0 Å². The summed E-state index contributed by atoms with van der Waals surface area (Å²) < 4.78 is 5.70. The number of nitrogens with one attached hydrogen (secondary N) is 2. The number of furan rings is 1. The zero-order chi connectivity index (χ0) is 25.3. The molecule has 0 aliphatic heterocycles. The molecule has 0 radical (unpaired) electrons. The Morgan fingerprint density at radius 1 is 0.833 bits per heavy atom. The van der Waals surface area contributed by atoms with Gasteiger partial charge in [0.2, 0.25) is 5.91 Å². The molecule has 0 unspecified atom stereocenters. The van der Waals surface area contributed by atoms with Crippen molar-refractivity contribution in [2.45, 2.75) is 12.5 Å². The van der Waals surface area contributed by atoms with Gasteiger partial charge >= 0.3 is 5.97 Å². The molecule has 180 valence electrons. The normalized spacial score (nSPS) is 11.7. The van der Waals surface area contributed by atoms with E-state index in [9.17, 15) is 14.4 Å². The van der Waals surface area contributed by atoms with Crippen molar-refractivity contribution in [1.82, 2.24) is 10.7 Å². The number of hydrogen-bond acceptors (Lipinski definition) is 5. The Kier molecular flexibility index (Phi) is 7.67. The number of rotatable bonds is 9. The predicted molar refractivity (Wildman–Crippen MR) is 135 cm³/mol. The largest absolute Gasteiger partial charge is 0.478 e. The number of nitrogens with zero attached hydrogens (tertiary/aromatic N) is 1. The maximum Gasteiger partial charge on any atom is 0.335 e. The Morgan fingerprint density at radius 3 is 2.17 bits per heavy atom. The fourth-order valence-corrected chi connectivity index (χ4v) is 3.52. The van der Waals surface area contributed by atoms with Gasteiger partial charge in [0.05, 0.1) is 24.2 Å². The molecule has 8 nitrogen and oxygen atoms in total. The fourth-order valence-electron chi connectivity index (χ4n) is 3.52. The van der Waals surface area contributed by atoms with E-state index >= 15 is 0 Å². The van der Waals surface area contributed by atoms with Crippen LogP contribution in [-0.4, -0.2) is 29.1 Å². The quantitative estimate of drug-likeness (QED) is 0.237. The van der Waals surface area contributed by atoms with E-state index in [0.29, 0.717) is 22.6 Å². The van der Waals surface area contributed by atoms with Crippen LogP contribution in [0.2, 0.25) is 0 Å². The summed E-state index contributed by atoms with van der Waals surface area (Å²) in [5.41, 5.74) is 4.66. The number of amides is 2. The molecule has 4 rings (SSSR count). The molecule has 4 aromatic rings. The monoisotopic (exact) mass is 481 g/mol. The number of hydrogen-bond donors (Lipinski definition) is 3. The van der Waals surface area contributed by atoms with Gasteiger partial charge in [-0.1, -0.05) is 60.7 Å². The zero-order valence-electron chi connectivity index (χ0n) is 19.1. The van der Waals surface area contributed by atoms with Crippen molar-refractivity contribution in [3.63, 3.8) is 0 Å². The van der Waals surface area contributed by atoms with E-state index in [1.54, 1.807) is 48.5 Å². The van der Waals surface area contributed by atoms with E-state index in [0.717, 1.165) is 5.56 Å². The molecule has 0 aliphatic carbocycles. The van der Waals surface area contributed by atoms with Crippen LogP contribution in [0.15, 0.2) is 107 Å². The molecule has 1 heterocycles. The first-order valence-corrected chi connectivity index (χ1v) is 11.2. The molecule has 1 aromatic heterocycles. The molecule has 1 atom stereocenters. The number of hydrazone groups is 1. The van der Waals surface area contributed by atoms with E-state index in [2.05, 4.69) is 15.8 Å². The number of carboxylic acid groups (broad SMARTS) is 1. The van der Waals surface area contributed by atoms with Gasteiger partial charge in [-0.2, -0.15) is 5.10 Å². The maximum absolute atomic E-state index is 12.7. The SMILES string of the molecule is O=C(C[C@@H](NC(=O)c1ccccc1)c1ccccc1)N/N=C\c1ccc(-c2ccc(C(=O)O)cc2)o1. The molecule has 0 saturated carbocycles. The minimum Gasteiger partial charge on any atom is -0.478 e. The lowest BCUT2D eigenvalue weighted by molar-refractivity contribution is -0.121. The van der Waals surface area contributed by atoms with E-state index < -0.39 is 12.0 Å². The van der Waals surface area contributed by atoms with Crippen LogP contribution in [0.25, 0.3) is 11.3 Å². The topological polar surface area (TPSA) is 121 Å². The van der Waals surface area contributed by atoms with Crippen molar-refractivity contribution in [2.24, 2.45) is 5.10 Å². The average Bonchev–Trinajstić information content (AvgIpc) is 3.38. The molecule has 8 heteroatoms. The second-order valence-corrected chi connectivity index (χ2v) is 7.88. The van der Waals surface area contributed by atoms with Gasteiger partial charge in [-0.05, 0) is 42.0 Å². The lowest BCUT2D eigenvalue weighted by Gasteiger charge is -2.18. The number of carbonyl (C=O) groups is 3. The van der Waals surface area contributed by atoms with Crippen molar-refractivity contribution in [1.29, 1.82) is 0 Å². The molecule has 0 spiro atoms. The summed E-state index contributed by atoms with van der Waals surface area (Å²) in [6, 6.07) is 27.2. The molecule has 3 N–H and O–H groups in total. The summed E-state index contributed by atoms with van der Waals surface area (Å²) in [4.78, 5) is 36.3. The minimum absolute atomic E-state index is 0.0146. The van der Waals surface area contributed by atoms with Gasteiger partial charge in [-0.25, -0.2) is 10.2 Å². The highest BCUT2D eigenvalue weighted by atomic mass is 16.4. The third-order valence-corrected chi connectivity index (χ3v) is 5.36. The second kappa shape index (κ2) is 11.4. The Bertz CT molecular complexity index is 1360. The average molecular weight is 482 g/mol. The van der Waals surface area contributed by atoms with Crippen LogP contribution in [0.4, 0.5) is 0 Å². The van der Waals surface area contributed by atoms with Crippen molar-refractivity contribution >= 4 is 24.0 Å². The van der Waals surface area contributed by atoms with E-state index in [1.165, 1.54) is 18.3 Å². The molecular formula is C28H23N3O5. The number of carbonyl (C=O) groups excluding carboxylic acids is 2. The molecule has 0 fully saturated rings. The van der Waals surface area contributed by atoms with E-state index in [4.69, 9.17) is 9.52 Å². The Balaban J connectivity index is 1.38.